The third-order valence-electron chi connectivity index (χ3n) is 3.77. The molecule has 0 aliphatic heterocycles. The van der Waals surface area contributed by atoms with Gasteiger partial charge >= 0.3 is 0 Å². The lowest BCUT2D eigenvalue weighted by atomic mass is 9.71. The molecule has 0 aromatic rings. The van der Waals surface area contributed by atoms with Gasteiger partial charge in [0.2, 0.25) is 0 Å². The van der Waals surface area contributed by atoms with E-state index < -0.39 is 0 Å². The molecule has 1 aliphatic rings. The fourth-order valence-corrected chi connectivity index (χ4v) is 2.57. The van der Waals surface area contributed by atoms with Gasteiger partial charge in [0, 0.05) is 6.04 Å². The largest absolute Gasteiger partial charge is 0.314 e. The zero-order valence-corrected chi connectivity index (χ0v) is 11.3. The Morgan fingerprint density at radius 2 is 1.60 bits per heavy atom. The standard InChI is InChI=1S/C14H29N/c1-11(2)10-15-13-8-6-12(7-9-13)14(3,4)5/h11-13,15H,6-10H2,1-5H3. The minimum Gasteiger partial charge on any atom is -0.314 e. The lowest BCUT2D eigenvalue weighted by Crippen LogP contribution is -2.37. The molecular weight excluding hydrogens is 182 g/mol. The van der Waals surface area contributed by atoms with Crippen molar-refractivity contribution in [3.63, 3.8) is 0 Å². The van der Waals surface area contributed by atoms with Crippen molar-refractivity contribution in [2.24, 2.45) is 17.3 Å². The van der Waals surface area contributed by atoms with E-state index in [9.17, 15) is 0 Å². The molecule has 1 nitrogen and oxygen atoms in total. The Kier molecular flexibility index (Phi) is 4.64. The van der Waals surface area contributed by atoms with Crippen LogP contribution in [0, 0.1) is 17.3 Å². The summed E-state index contributed by atoms with van der Waals surface area (Å²) in [6.45, 7) is 12.9. The molecule has 1 aliphatic carbocycles. The summed E-state index contributed by atoms with van der Waals surface area (Å²) in [5, 5.41) is 3.69. The zero-order chi connectivity index (χ0) is 11.5. The van der Waals surface area contributed by atoms with Gasteiger partial charge in [0.25, 0.3) is 0 Å². The molecule has 15 heavy (non-hydrogen) atoms. The molecule has 0 heterocycles. The molecule has 0 spiro atoms. The van der Waals surface area contributed by atoms with Crippen LogP contribution in [0.3, 0.4) is 0 Å². The molecule has 0 unspecified atom stereocenters. The van der Waals surface area contributed by atoms with Gasteiger partial charge in [-0.2, -0.15) is 0 Å². The third-order valence-corrected chi connectivity index (χ3v) is 3.77. The smallest absolute Gasteiger partial charge is 0.00673 e. The van der Waals surface area contributed by atoms with Gasteiger partial charge in [-0.05, 0) is 49.5 Å². The van der Waals surface area contributed by atoms with Crippen LogP contribution in [0.1, 0.15) is 60.3 Å². The molecule has 1 saturated carbocycles. The van der Waals surface area contributed by atoms with Crippen LogP contribution in [-0.2, 0) is 0 Å². The van der Waals surface area contributed by atoms with Crippen molar-refractivity contribution in [2.75, 3.05) is 6.54 Å². The van der Waals surface area contributed by atoms with Gasteiger partial charge in [-0.15, -0.1) is 0 Å². The molecule has 1 heteroatoms. The van der Waals surface area contributed by atoms with Crippen molar-refractivity contribution < 1.29 is 0 Å². The molecule has 1 rings (SSSR count). The molecule has 0 saturated heterocycles. The van der Waals surface area contributed by atoms with Crippen molar-refractivity contribution in [1.29, 1.82) is 0 Å². The maximum absolute atomic E-state index is 3.69. The Hall–Kier alpha value is -0.0400. The highest BCUT2D eigenvalue weighted by atomic mass is 14.9. The van der Waals surface area contributed by atoms with Crippen LogP contribution in [0.5, 0.6) is 0 Å². The van der Waals surface area contributed by atoms with E-state index in [-0.39, 0.29) is 0 Å². The van der Waals surface area contributed by atoms with E-state index in [1.165, 1.54) is 32.2 Å². The van der Waals surface area contributed by atoms with Crippen LogP contribution in [-0.4, -0.2) is 12.6 Å². The molecule has 1 fully saturated rings. The van der Waals surface area contributed by atoms with E-state index in [1.54, 1.807) is 0 Å². The molecule has 0 bridgehead atoms. The average molecular weight is 211 g/mol. The Balaban J connectivity index is 2.24. The Bertz CT molecular complexity index is 170. The third kappa shape index (κ3) is 4.55. The topological polar surface area (TPSA) is 12.0 Å². The second kappa shape index (κ2) is 5.34. The maximum Gasteiger partial charge on any atom is 0.00673 e. The van der Waals surface area contributed by atoms with Crippen LogP contribution in [0.2, 0.25) is 0 Å². The summed E-state index contributed by atoms with van der Waals surface area (Å²) in [5.41, 5.74) is 0.517. The summed E-state index contributed by atoms with van der Waals surface area (Å²) >= 11 is 0. The van der Waals surface area contributed by atoms with E-state index in [0.29, 0.717) is 5.41 Å². The van der Waals surface area contributed by atoms with Gasteiger partial charge in [-0.1, -0.05) is 34.6 Å². The molecule has 90 valence electrons. The number of hydrogen-bond acceptors (Lipinski definition) is 1. The minimum atomic E-state index is 0.517. The lowest BCUT2D eigenvalue weighted by Gasteiger charge is -2.37. The highest BCUT2D eigenvalue weighted by molar-refractivity contribution is 4.83. The molecule has 0 atom stereocenters. The predicted molar refractivity (Wildman–Crippen MR) is 68.0 cm³/mol. The highest BCUT2D eigenvalue weighted by Crippen LogP contribution is 2.37. The molecule has 0 amide bonds. The monoisotopic (exact) mass is 211 g/mol. The quantitative estimate of drug-likeness (QED) is 0.748. The molecule has 0 aromatic heterocycles. The van der Waals surface area contributed by atoms with Gasteiger partial charge in [-0.3, -0.25) is 0 Å². The second-order valence-corrected chi connectivity index (χ2v) is 6.72. The van der Waals surface area contributed by atoms with Crippen LogP contribution >= 0.6 is 0 Å². The molecule has 1 N–H and O–H groups in total. The first-order chi connectivity index (χ1) is 6.89. The first-order valence-electron chi connectivity index (χ1n) is 6.63. The summed E-state index contributed by atoms with van der Waals surface area (Å²) in [4.78, 5) is 0. The first kappa shape index (κ1) is 13.0. The molecular formula is C14H29N. The van der Waals surface area contributed by atoms with Gasteiger partial charge in [0.05, 0.1) is 0 Å². The number of rotatable bonds is 3. The lowest BCUT2D eigenvalue weighted by molar-refractivity contribution is 0.159. The van der Waals surface area contributed by atoms with Gasteiger partial charge in [0.15, 0.2) is 0 Å². The zero-order valence-electron chi connectivity index (χ0n) is 11.3. The van der Waals surface area contributed by atoms with E-state index >= 15 is 0 Å². The van der Waals surface area contributed by atoms with Crippen molar-refractivity contribution >= 4 is 0 Å². The predicted octanol–water partition coefficient (Wildman–Crippen LogP) is 3.84. The summed E-state index contributed by atoms with van der Waals surface area (Å²) in [5.74, 6) is 1.72. The maximum atomic E-state index is 3.69. The fourth-order valence-electron chi connectivity index (χ4n) is 2.57. The van der Waals surface area contributed by atoms with E-state index in [1.807, 2.05) is 0 Å². The summed E-state index contributed by atoms with van der Waals surface area (Å²) in [6.07, 6.45) is 5.60. The van der Waals surface area contributed by atoms with Gasteiger partial charge in [0.1, 0.15) is 0 Å². The van der Waals surface area contributed by atoms with Crippen molar-refractivity contribution in [3.05, 3.63) is 0 Å². The number of nitrogens with one attached hydrogen (secondary N) is 1. The summed E-state index contributed by atoms with van der Waals surface area (Å²) < 4.78 is 0. The minimum absolute atomic E-state index is 0.517. The summed E-state index contributed by atoms with van der Waals surface area (Å²) in [6, 6.07) is 0.797. The van der Waals surface area contributed by atoms with Crippen molar-refractivity contribution in [1.82, 2.24) is 5.32 Å². The number of hydrogen-bond donors (Lipinski definition) is 1. The van der Waals surface area contributed by atoms with Gasteiger partial charge < -0.3 is 5.32 Å². The molecule has 0 radical (unpaired) electrons. The Morgan fingerprint density at radius 3 is 2.00 bits per heavy atom. The Labute approximate surface area is 96.0 Å². The van der Waals surface area contributed by atoms with E-state index in [0.717, 1.165) is 17.9 Å². The van der Waals surface area contributed by atoms with E-state index in [2.05, 4.69) is 39.9 Å². The van der Waals surface area contributed by atoms with Crippen molar-refractivity contribution in [3.8, 4) is 0 Å². The van der Waals surface area contributed by atoms with Crippen LogP contribution in [0.25, 0.3) is 0 Å². The van der Waals surface area contributed by atoms with Gasteiger partial charge in [-0.25, -0.2) is 0 Å². The fraction of sp³-hybridized carbons (Fsp3) is 1.00. The normalized spacial score (nSPS) is 28.4. The van der Waals surface area contributed by atoms with E-state index in [4.69, 9.17) is 0 Å². The van der Waals surface area contributed by atoms with Crippen LogP contribution < -0.4 is 5.32 Å². The van der Waals surface area contributed by atoms with Crippen LogP contribution in [0.4, 0.5) is 0 Å². The first-order valence-corrected chi connectivity index (χ1v) is 6.63. The average Bonchev–Trinajstić information content (AvgIpc) is 2.14. The van der Waals surface area contributed by atoms with Crippen molar-refractivity contribution in [2.45, 2.75) is 66.3 Å². The van der Waals surface area contributed by atoms with Crippen LogP contribution in [0.15, 0.2) is 0 Å². The Morgan fingerprint density at radius 1 is 1.07 bits per heavy atom. The summed E-state index contributed by atoms with van der Waals surface area (Å²) in [7, 11) is 0. The highest BCUT2D eigenvalue weighted by Gasteiger charge is 2.29. The molecule has 0 aromatic carbocycles. The SMILES string of the molecule is CC(C)CNC1CCC(C(C)(C)C)CC1. The second-order valence-electron chi connectivity index (χ2n) is 6.72.